The fourth-order valence-corrected chi connectivity index (χ4v) is 3.16. The van der Waals surface area contributed by atoms with Crippen LogP contribution < -0.4 is 20.1 Å². The molecule has 0 aliphatic heterocycles. The summed E-state index contributed by atoms with van der Waals surface area (Å²) >= 11 is 0. The van der Waals surface area contributed by atoms with Crippen LogP contribution in [-0.2, 0) is 10.0 Å². The number of hydrogen-bond acceptors (Lipinski definition) is 5. The molecule has 2 aromatic carbocycles. The third-order valence-electron chi connectivity index (χ3n) is 4.16. The predicted molar refractivity (Wildman–Crippen MR) is 112 cm³/mol. The largest absolute Gasteiger partial charge is 0.494 e. The van der Waals surface area contributed by atoms with Crippen LogP contribution in [-0.4, -0.2) is 35.0 Å². The van der Waals surface area contributed by atoms with Gasteiger partial charge in [-0.05, 0) is 48.9 Å². The van der Waals surface area contributed by atoms with E-state index in [1.165, 1.54) is 12.1 Å². The summed E-state index contributed by atoms with van der Waals surface area (Å²) in [5.74, 6) is 0.352. The lowest BCUT2D eigenvalue weighted by Crippen LogP contribution is -2.18. The maximum atomic E-state index is 12.6. The van der Waals surface area contributed by atoms with Crippen LogP contribution in [0, 0.1) is 0 Å². The average molecular weight is 406 g/mol. The maximum Gasteiger partial charge on any atom is 0.255 e. The molecule has 0 aliphatic rings. The summed E-state index contributed by atoms with van der Waals surface area (Å²) in [5, 5.41) is 7.96. The molecule has 152 valence electrons. The molecule has 8 heteroatoms. The molecular formula is C20H27N3O4S. The Hall–Kier alpha value is -2.58. The van der Waals surface area contributed by atoms with Crippen molar-refractivity contribution in [3.8, 4) is 5.75 Å². The van der Waals surface area contributed by atoms with Crippen LogP contribution in [0.5, 0.6) is 5.75 Å². The lowest BCUT2D eigenvalue weighted by Gasteiger charge is -2.19. The van der Waals surface area contributed by atoms with E-state index in [-0.39, 0.29) is 10.8 Å². The van der Waals surface area contributed by atoms with Gasteiger partial charge < -0.3 is 15.0 Å². The lowest BCUT2D eigenvalue weighted by molar-refractivity contribution is 0.102. The Kier molecular flexibility index (Phi) is 7.42. The summed E-state index contributed by atoms with van der Waals surface area (Å²) < 4.78 is 28.9. The zero-order valence-corrected chi connectivity index (χ0v) is 17.3. The Morgan fingerprint density at radius 3 is 2.36 bits per heavy atom. The number of nitrogens with zero attached hydrogens (tertiary/aromatic N) is 1. The minimum atomic E-state index is -3.87. The van der Waals surface area contributed by atoms with Crippen LogP contribution in [0.3, 0.4) is 0 Å². The Morgan fingerprint density at radius 1 is 1.11 bits per heavy atom. The number of nitrogens with one attached hydrogen (secondary N) is 1. The molecule has 7 nitrogen and oxygen atoms in total. The van der Waals surface area contributed by atoms with Crippen LogP contribution in [0.15, 0.2) is 47.4 Å². The first-order chi connectivity index (χ1) is 13.2. The molecule has 0 heterocycles. The van der Waals surface area contributed by atoms with Crippen molar-refractivity contribution in [3.63, 3.8) is 0 Å². The van der Waals surface area contributed by atoms with Gasteiger partial charge in [0.15, 0.2) is 0 Å². The van der Waals surface area contributed by atoms with Crippen molar-refractivity contribution in [3.05, 3.63) is 48.0 Å². The molecule has 28 heavy (non-hydrogen) atoms. The summed E-state index contributed by atoms with van der Waals surface area (Å²) in [7, 11) is -0.278. The van der Waals surface area contributed by atoms with Crippen LogP contribution in [0.2, 0.25) is 0 Å². The monoisotopic (exact) mass is 405 g/mol. The Bertz CT molecular complexity index is 910. The van der Waals surface area contributed by atoms with Gasteiger partial charge in [-0.1, -0.05) is 19.8 Å². The molecule has 0 unspecified atom stereocenters. The minimum absolute atomic E-state index is 0.0655. The van der Waals surface area contributed by atoms with Crippen LogP contribution in [0.1, 0.15) is 36.5 Å². The number of unbranched alkanes of at least 4 members (excludes halogenated alkanes) is 2. The van der Waals surface area contributed by atoms with E-state index in [1.54, 1.807) is 49.3 Å². The summed E-state index contributed by atoms with van der Waals surface area (Å²) in [4.78, 5) is 14.3. The van der Waals surface area contributed by atoms with Crippen molar-refractivity contribution in [1.29, 1.82) is 0 Å². The topological polar surface area (TPSA) is 102 Å². The number of sulfonamides is 1. The van der Waals surface area contributed by atoms with E-state index in [4.69, 9.17) is 9.88 Å². The fraction of sp³-hybridized carbons (Fsp3) is 0.350. The first-order valence-electron chi connectivity index (χ1n) is 9.10. The standard InChI is InChI=1S/C20H27N3O4S/c1-4-5-6-13-27-16-9-7-15(8-10-16)20(24)22-18-14-17(28(21,25)26)11-12-19(18)23(2)3/h7-12,14H,4-6,13H2,1-3H3,(H,22,24)(H2,21,25,26). The van der Waals surface area contributed by atoms with Crippen molar-refractivity contribution >= 4 is 27.3 Å². The first kappa shape index (κ1) is 21.7. The van der Waals surface area contributed by atoms with Crippen molar-refractivity contribution in [1.82, 2.24) is 0 Å². The molecule has 0 atom stereocenters. The summed E-state index contributed by atoms with van der Waals surface area (Å²) in [6, 6.07) is 11.2. The van der Waals surface area contributed by atoms with Crippen molar-refractivity contribution in [2.75, 3.05) is 30.9 Å². The third-order valence-corrected chi connectivity index (χ3v) is 5.07. The number of ether oxygens (including phenoxy) is 1. The molecule has 0 radical (unpaired) electrons. The minimum Gasteiger partial charge on any atom is -0.494 e. The van der Waals surface area contributed by atoms with E-state index >= 15 is 0 Å². The number of benzene rings is 2. The summed E-state index contributed by atoms with van der Waals surface area (Å²) in [6.45, 7) is 2.78. The molecule has 0 aromatic heterocycles. The average Bonchev–Trinajstić information content (AvgIpc) is 2.64. The number of rotatable bonds is 9. The highest BCUT2D eigenvalue weighted by atomic mass is 32.2. The van der Waals surface area contributed by atoms with Gasteiger partial charge >= 0.3 is 0 Å². The zero-order chi connectivity index (χ0) is 20.7. The van der Waals surface area contributed by atoms with E-state index < -0.39 is 10.0 Å². The SMILES string of the molecule is CCCCCOc1ccc(C(=O)Nc2cc(S(N)(=O)=O)ccc2N(C)C)cc1. The molecular weight excluding hydrogens is 378 g/mol. The highest BCUT2D eigenvalue weighted by Crippen LogP contribution is 2.28. The van der Waals surface area contributed by atoms with Gasteiger partial charge in [-0.25, -0.2) is 13.6 Å². The van der Waals surface area contributed by atoms with Crippen LogP contribution in [0.25, 0.3) is 0 Å². The van der Waals surface area contributed by atoms with Crippen molar-refractivity contribution in [2.45, 2.75) is 31.1 Å². The Morgan fingerprint density at radius 2 is 1.79 bits per heavy atom. The van der Waals surface area contributed by atoms with Gasteiger partial charge in [-0.15, -0.1) is 0 Å². The second-order valence-electron chi connectivity index (χ2n) is 6.65. The predicted octanol–water partition coefficient (Wildman–Crippen LogP) is 3.22. The number of carbonyl (C=O) groups is 1. The van der Waals surface area contributed by atoms with Gasteiger partial charge in [0, 0.05) is 19.7 Å². The van der Waals surface area contributed by atoms with Gasteiger partial charge in [0.05, 0.1) is 22.9 Å². The van der Waals surface area contributed by atoms with E-state index in [2.05, 4.69) is 12.2 Å². The molecule has 0 spiro atoms. The van der Waals surface area contributed by atoms with E-state index in [9.17, 15) is 13.2 Å². The van der Waals surface area contributed by atoms with Crippen LogP contribution in [0.4, 0.5) is 11.4 Å². The maximum absolute atomic E-state index is 12.6. The molecule has 0 bridgehead atoms. The van der Waals surface area contributed by atoms with Gasteiger partial charge in [0.1, 0.15) is 5.75 Å². The number of nitrogens with two attached hydrogens (primary N) is 1. The normalized spacial score (nSPS) is 11.1. The number of hydrogen-bond donors (Lipinski definition) is 2. The molecule has 2 rings (SSSR count). The second-order valence-corrected chi connectivity index (χ2v) is 8.21. The Labute approximate surface area is 166 Å². The molecule has 3 N–H and O–H groups in total. The second kappa shape index (κ2) is 9.57. The first-order valence-corrected chi connectivity index (χ1v) is 10.7. The van der Waals surface area contributed by atoms with E-state index in [0.717, 1.165) is 19.3 Å². The van der Waals surface area contributed by atoms with E-state index in [1.807, 2.05) is 0 Å². The number of primary sulfonamides is 1. The zero-order valence-electron chi connectivity index (χ0n) is 16.4. The van der Waals surface area contributed by atoms with Crippen molar-refractivity contribution < 1.29 is 17.9 Å². The smallest absolute Gasteiger partial charge is 0.255 e. The van der Waals surface area contributed by atoms with Gasteiger partial charge in [0.2, 0.25) is 10.0 Å². The molecule has 0 saturated heterocycles. The number of anilines is 2. The molecule has 1 amide bonds. The molecule has 0 aliphatic carbocycles. The Balaban J connectivity index is 2.15. The van der Waals surface area contributed by atoms with Gasteiger partial charge in [-0.3, -0.25) is 4.79 Å². The summed E-state index contributed by atoms with van der Waals surface area (Å²) in [6.07, 6.45) is 3.24. The lowest BCUT2D eigenvalue weighted by atomic mass is 10.2. The number of carbonyl (C=O) groups excluding carboxylic acids is 1. The highest BCUT2D eigenvalue weighted by molar-refractivity contribution is 7.89. The molecule has 0 fully saturated rings. The number of amides is 1. The summed E-state index contributed by atoms with van der Waals surface area (Å²) in [5.41, 5.74) is 1.46. The third kappa shape index (κ3) is 5.97. The highest BCUT2D eigenvalue weighted by Gasteiger charge is 2.15. The molecule has 2 aromatic rings. The molecule has 0 saturated carbocycles. The van der Waals surface area contributed by atoms with Crippen molar-refractivity contribution in [2.24, 2.45) is 5.14 Å². The van der Waals surface area contributed by atoms with E-state index in [0.29, 0.717) is 29.3 Å². The van der Waals surface area contributed by atoms with Gasteiger partial charge in [0.25, 0.3) is 5.91 Å². The quantitative estimate of drug-likeness (QED) is 0.624. The fourth-order valence-electron chi connectivity index (χ4n) is 2.62. The van der Waals surface area contributed by atoms with Crippen LogP contribution >= 0.6 is 0 Å². The van der Waals surface area contributed by atoms with Gasteiger partial charge in [-0.2, -0.15) is 0 Å².